The van der Waals surface area contributed by atoms with Gasteiger partial charge < -0.3 is 15.4 Å². The quantitative estimate of drug-likeness (QED) is 0.732. The highest BCUT2D eigenvalue weighted by molar-refractivity contribution is 5.81. The zero-order chi connectivity index (χ0) is 17.4. The predicted octanol–water partition coefficient (Wildman–Crippen LogP) is 3.02. The van der Waals surface area contributed by atoms with Crippen LogP contribution in [-0.2, 0) is 4.79 Å². The van der Waals surface area contributed by atoms with Crippen molar-refractivity contribution < 1.29 is 9.53 Å². The van der Waals surface area contributed by atoms with E-state index >= 15 is 0 Å². The maximum atomic E-state index is 12.4. The number of amides is 1. The zero-order valence-electron chi connectivity index (χ0n) is 14.5. The first-order valence-electron chi connectivity index (χ1n) is 8.22. The summed E-state index contributed by atoms with van der Waals surface area (Å²) in [4.78, 5) is 16.5. The second kappa shape index (κ2) is 8.91. The molecule has 2 rings (SSSR count). The smallest absolute Gasteiger partial charge is 0.261 e. The highest BCUT2D eigenvalue weighted by Gasteiger charge is 2.23. The number of aryl methyl sites for hydroxylation is 1. The molecule has 0 spiro atoms. The van der Waals surface area contributed by atoms with E-state index in [9.17, 15) is 4.79 Å². The molecule has 24 heavy (non-hydrogen) atoms. The molecule has 1 aromatic heterocycles. The Hall–Kier alpha value is -2.56. The Kier molecular flexibility index (Phi) is 6.61. The highest BCUT2D eigenvalue weighted by atomic mass is 16.5. The molecule has 2 N–H and O–H groups in total. The van der Waals surface area contributed by atoms with E-state index in [0.717, 1.165) is 11.3 Å². The summed E-state index contributed by atoms with van der Waals surface area (Å²) in [6.07, 6.45) is 3.05. The van der Waals surface area contributed by atoms with Crippen LogP contribution in [0.2, 0.25) is 0 Å². The lowest BCUT2D eigenvalue weighted by atomic mass is 10.1. The van der Waals surface area contributed by atoms with Crippen molar-refractivity contribution in [2.45, 2.75) is 26.9 Å². The first-order valence-corrected chi connectivity index (χ1v) is 8.22. The average molecular weight is 327 g/mol. The molecular weight excluding hydrogens is 302 g/mol. The molecule has 5 heteroatoms. The van der Waals surface area contributed by atoms with Gasteiger partial charge in [0.1, 0.15) is 5.75 Å². The van der Waals surface area contributed by atoms with Crippen LogP contribution < -0.4 is 15.4 Å². The SMILES string of the molecule is Cc1cnccc1NCCNC(=O)[C@H](Oc1ccccc1)C(C)C. The minimum absolute atomic E-state index is 0.0839. The van der Waals surface area contributed by atoms with Crippen molar-refractivity contribution in [3.63, 3.8) is 0 Å². The number of para-hydroxylation sites is 1. The summed E-state index contributed by atoms with van der Waals surface area (Å²) in [5.41, 5.74) is 2.11. The summed E-state index contributed by atoms with van der Waals surface area (Å²) in [7, 11) is 0. The number of pyridine rings is 1. The number of carbonyl (C=O) groups excluding carboxylic acids is 1. The Balaban J connectivity index is 1.81. The van der Waals surface area contributed by atoms with E-state index in [0.29, 0.717) is 18.8 Å². The summed E-state index contributed by atoms with van der Waals surface area (Å²) >= 11 is 0. The van der Waals surface area contributed by atoms with Crippen molar-refractivity contribution in [3.05, 3.63) is 54.4 Å². The molecule has 0 fully saturated rings. The maximum absolute atomic E-state index is 12.4. The van der Waals surface area contributed by atoms with Crippen molar-refractivity contribution in [1.82, 2.24) is 10.3 Å². The first kappa shape index (κ1) is 17.8. The Morgan fingerprint density at radius 3 is 2.58 bits per heavy atom. The van der Waals surface area contributed by atoms with Gasteiger partial charge in [0.05, 0.1) is 0 Å². The summed E-state index contributed by atoms with van der Waals surface area (Å²) in [5.74, 6) is 0.694. The van der Waals surface area contributed by atoms with Gasteiger partial charge in [0.15, 0.2) is 6.10 Å². The maximum Gasteiger partial charge on any atom is 0.261 e. The van der Waals surface area contributed by atoms with E-state index in [1.165, 1.54) is 0 Å². The number of hydrogen-bond acceptors (Lipinski definition) is 4. The molecule has 0 aliphatic heterocycles. The molecule has 0 saturated carbocycles. The summed E-state index contributed by atoms with van der Waals surface area (Å²) in [5, 5.41) is 6.22. The van der Waals surface area contributed by atoms with Gasteiger partial charge in [-0.2, -0.15) is 0 Å². The molecule has 2 aromatic rings. The number of benzene rings is 1. The second-order valence-electron chi connectivity index (χ2n) is 6.00. The molecule has 0 aliphatic rings. The van der Waals surface area contributed by atoms with Crippen LogP contribution in [0.5, 0.6) is 5.75 Å². The third-order valence-corrected chi connectivity index (χ3v) is 3.63. The molecular formula is C19H25N3O2. The number of hydrogen-bond donors (Lipinski definition) is 2. The minimum atomic E-state index is -0.505. The van der Waals surface area contributed by atoms with Crippen LogP contribution in [0.25, 0.3) is 0 Å². The van der Waals surface area contributed by atoms with E-state index in [1.54, 1.807) is 6.20 Å². The molecule has 0 unspecified atom stereocenters. The lowest BCUT2D eigenvalue weighted by Crippen LogP contribution is -2.43. The normalized spacial score (nSPS) is 11.8. The van der Waals surface area contributed by atoms with Crippen LogP contribution in [0.3, 0.4) is 0 Å². The number of anilines is 1. The van der Waals surface area contributed by atoms with Gasteiger partial charge in [-0.05, 0) is 36.6 Å². The van der Waals surface area contributed by atoms with E-state index in [4.69, 9.17) is 4.74 Å². The Morgan fingerprint density at radius 1 is 1.17 bits per heavy atom. The first-order chi connectivity index (χ1) is 11.6. The van der Waals surface area contributed by atoms with Gasteiger partial charge in [0.2, 0.25) is 0 Å². The topological polar surface area (TPSA) is 63.2 Å². The largest absolute Gasteiger partial charge is 0.480 e. The van der Waals surface area contributed by atoms with Crippen LogP contribution in [0, 0.1) is 12.8 Å². The van der Waals surface area contributed by atoms with Crippen LogP contribution in [0.4, 0.5) is 5.69 Å². The molecule has 1 atom stereocenters. The zero-order valence-corrected chi connectivity index (χ0v) is 14.5. The average Bonchev–Trinajstić information content (AvgIpc) is 2.58. The van der Waals surface area contributed by atoms with Gasteiger partial charge in [0, 0.05) is 31.2 Å². The lowest BCUT2D eigenvalue weighted by Gasteiger charge is -2.22. The second-order valence-corrected chi connectivity index (χ2v) is 6.00. The summed E-state index contributed by atoms with van der Waals surface area (Å²) < 4.78 is 5.83. The summed E-state index contributed by atoms with van der Waals surface area (Å²) in [6.45, 7) is 7.13. The fraction of sp³-hybridized carbons (Fsp3) is 0.368. The third kappa shape index (κ3) is 5.26. The van der Waals surface area contributed by atoms with Gasteiger partial charge in [0.25, 0.3) is 5.91 Å². The van der Waals surface area contributed by atoms with Crippen molar-refractivity contribution in [2.24, 2.45) is 5.92 Å². The van der Waals surface area contributed by atoms with Crippen molar-refractivity contribution in [1.29, 1.82) is 0 Å². The number of nitrogens with one attached hydrogen (secondary N) is 2. The molecule has 128 valence electrons. The molecule has 5 nitrogen and oxygen atoms in total. The Bertz CT molecular complexity index is 644. The monoisotopic (exact) mass is 327 g/mol. The number of nitrogens with zero attached hydrogens (tertiary/aromatic N) is 1. The van der Waals surface area contributed by atoms with Crippen molar-refractivity contribution in [2.75, 3.05) is 18.4 Å². The fourth-order valence-corrected chi connectivity index (χ4v) is 2.29. The third-order valence-electron chi connectivity index (χ3n) is 3.63. The molecule has 0 aliphatic carbocycles. The Morgan fingerprint density at radius 2 is 1.92 bits per heavy atom. The molecule has 0 saturated heterocycles. The van der Waals surface area contributed by atoms with E-state index in [2.05, 4.69) is 15.6 Å². The van der Waals surface area contributed by atoms with E-state index < -0.39 is 6.10 Å². The fourth-order valence-electron chi connectivity index (χ4n) is 2.29. The molecule has 1 amide bonds. The van der Waals surface area contributed by atoms with Gasteiger partial charge in [-0.1, -0.05) is 32.0 Å². The number of ether oxygens (including phenoxy) is 1. The predicted molar refractivity (Wildman–Crippen MR) is 96.2 cm³/mol. The molecule has 1 aromatic carbocycles. The van der Waals surface area contributed by atoms with Crippen LogP contribution >= 0.6 is 0 Å². The highest BCUT2D eigenvalue weighted by Crippen LogP contribution is 2.15. The lowest BCUT2D eigenvalue weighted by molar-refractivity contribution is -0.129. The number of aromatic nitrogens is 1. The van der Waals surface area contributed by atoms with E-state index in [-0.39, 0.29) is 11.8 Å². The van der Waals surface area contributed by atoms with Crippen LogP contribution in [-0.4, -0.2) is 30.1 Å². The van der Waals surface area contributed by atoms with Crippen LogP contribution in [0.15, 0.2) is 48.8 Å². The van der Waals surface area contributed by atoms with Gasteiger partial charge in [-0.25, -0.2) is 0 Å². The van der Waals surface area contributed by atoms with Gasteiger partial charge in [-0.3, -0.25) is 9.78 Å². The van der Waals surface area contributed by atoms with Gasteiger partial charge >= 0.3 is 0 Å². The van der Waals surface area contributed by atoms with Crippen LogP contribution in [0.1, 0.15) is 19.4 Å². The van der Waals surface area contributed by atoms with E-state index in [1.807, 2.05) is 63.4 Å². The van der Waals surface area contributed by atoms with Gasteiger partial charge in [-0.15, -0.1) is 0 Å². The van der Waals surface area contributed by atoms with Crippen molar-refractivity contribution >= 4 is 11.6 Å². The molecule has 0 radical (unpaired) electrons. The molecule has 0 bridgehead atoms. The summed E-state index contributed by atoms with van der Waals surface area (Å²) in [6, 6.07) is 11.3. The number of rotatable bonds is 8. The minimum Gasteiger partial charge on any atom is -0.480 e. The standard InChI is InChI=1S/C19H25N3O2/c1-14(2)18(24-16-7-5-4-6-8-16)19(23)22-12-11-21-17-9-10-20-13-15(17)3/h4-10,13-14,18H,11-12H2,1-3H3,(H,20,21)(H,22,23)/t18-/m1/s1. The number of carbonyl (C=O) groups is 1. The van der Waals surface area contributed by atoms with Crippen molar-refractivity contribution in [3.8, 4) is 5.75 Å². The Labute approximate surface area is 143 Å². The molecule has 1 heterocycles.